The summed E-state index contributed by atoms with van der Waals surface area (Å²) in [5.74, 6) is 0.927. The summed E-state index contributed by atoms with van der Waals surface area (Å²) in [6, 6.07) is 6.07. The first kappa shape index (κ1) is 14.4. The second-order valence-electron chi connectivity index (χ2n) is 5.93. The van der Waals surface area contributed by atoms with Gasteiger partial charge in [-0.05, 0) is 31.0 Å². The zero-order valence-corrected chi connectivity index (χ0v) is 13.3. The molecule has 1 heterocycles. The van der Waals surface area contributed by atoms with Gasteiger partial charge in [0.1, 0.15) is 11.9 Å². The van der Waals surface area contributed by atoms with E-state index in [9.17, 15) is 0 Å². The van der Waals surface area contributed by atoms with Crippen LogP contribution in [0.2, 0.25) is 0 Å². The standard InChI is InChI=1S/C16H22BrNO2/c17-13-3-4-15(12(9-13)11-18)20-14-5-8-19-16(10-14)6-1-2-7-16/h3-4,9,14H,1-2,5-8,10-11,18H2. The van der Waals surface area contributed by atoms with Gasteiger partial charge in [-0.25, -0.2) is 0 Å². The topological polar surface area (TPSA) is 44.5 Å². The SMILES string of the molecule is NCc1cc(Br)ccc1OC1CCOC2(CCCC2)C1. The van der Waals surface area contributed by atoms with E-state index >= 15 is 0 Å². The lowest BCUT2D eigenvalue weighted by Crippen LogP contribution is -2.41. The Hall–Kier alpha value is -0.580. The minimum Gasteiger partial charge on any atom is -0.490 e. The fourth-order valence-corrected chi connectivity index (χ4v) is 3.86. The largest absolute Gasteiger partial charge is 0.490 e. The Morgan fingerprint density at radius 3 is 2.90 bits per heavy atom. The van der Waals surface area contributed by atoms with Crippen LogP contribution in [0.1, 0.15) is 44.1 Å². The van der Waals surface area contributed by atoms with Gasteiger partial charge >= 0.3 is 0 Å². The highest BCUT2D eigenvalue weighted by molar-refractivity contribution is 9.10. The average Bonchev–Trinajstić information content (AvgIpc) is 2.89. The molecule has 4 heteroatoms. The van der Waals surface area contributed by atoms with Gasteiger partial charge in [0.25, 0.3) is 0 Å². The highest BCUT2D eigenvalue weighted by Gasteiger charge is 2.40. The highest BCUT2D eigenvalue weighted by atomic mass is 79.9. The molecular formula is C16H22BrNO2. The Kier molecular flexibility index (Phi) is 4.34. The van der Waals surface area contributed by atoms with Gasteiger partial charge in [0.05, 0.1) is 12.2 Å². The Labute approximate surface area is 129 Å². The van der Waals surface area contributed by atoms with Crippen LogP contribution in [0.5, 0.6) is 5.75 Å². The van der Waals surface area contributed by atoms with Crippen LogP contribution in [-0.2, 0) is 11.3 Å². The van der Waals surface area contributed by atoms with Crippen molar-refractivity contribution in [1.82, 2.24) is 0 Å². The zero-order chi connectivity index (χ0) is 14.0. The van der Waals surface area contributed by atoms with Crippen LogP contribution in [0.15, 0.2) is 22.7 Å². The molecule has 2 N–H and O–H groups in total. The summed E-state index contributed by atoms with van der Waals surface area (Å²) >= 11 is 3.48. The van der Waals surface area contributed by atoms with E-state index in [1.807, 2.05) is 18.2 Å². The van der Waals surface area contributed by atoms with Crippen molar-refractivity contribution in [1.29, 1.82) is 0 Å². The Bertz CT molecular complexity index is 472. The maximum Gasteiger partial charge on any atom is 0.124 e. The lowest BCUT2D eigenvalue weighted by atomic mass is 9.90. The Morgan fingerprint density at radius 1 is 1.35 bits per heavy atom. The lowest BCUT2D eigenvalue weighted by molar-refractivity contribution is -0.108. The number of nitrogens with two attached hydrogens (primary N) is 1. The van der Waals surface area contributed by atoms with Gasteiger partial charge in [0.2, 0.25) is 0 Å². The van der Waals surface area contributed by atoms with E-state index in [-0.39, 0.29) is 11.7 Å². The molecule has 3 rings (SSSR count). The van der Waals surface area contributed by atoms with Crippen molar-refractivity contribution in [3.63, 3.8) is 0 Å². The second-order valence-corrected chi connectivity index (χ2v) is 6.84. The minimum absolute atomic E-state index is 0.0984. The van der Waals surface area contributed by atoms with Crippen LogP contribution < -0.4 is 10.5 Å². The fraction of sp³-hybridized carbons (Fsp3) is 0.625. The maximum absolute atomic E-state index is 6.24. The third kappa shape index (κ3) is 3.02. The van der Waals surface area contributed by atoms with Crippen LogP contribution in [0.3, 0.4) is 0 Å². The molecule has 0 radical (unpaired) electrons. The zero-order valence-electron chi connectivity index (χ0n) is 11.7. The van der Waals surface area contributed by atoms with Gasteiger partial charge in [-0.15, -0.1) is 0 Å². The van der Waals surface area contributed by atoms with E-state index in [0.717, 1.165) is 35.2 Å². The molecule has 1 unspecified atom stereocenters. The Balaban J connectivity index is 1.71. The number of ether oxygens (including phenoxy) is 2. The van der Waals surface area contributed by atoms with Crippen molar-refractivity contribution in [2.24, 2.45) is 5.73 Å². The summed E-state index contributed by atoms with van der Waals surface area (Å²) in [7, 11) is 0. The predicted molar refractivity (Wildman–Crippen MR) is 82.8 cm³/mol. The molecule has 1 saturated heterocycles. The van der Waals surface area contributed by atoms with Crippen molar-refractivity contribution in [3.05, 3.63) is 28.2 Å². The van der Waals surface area contributed by atoms with E-state index < -0.39 is 0 Å². The molecule has 2 aliphatic rings. The first-order valence-electron chi connectivity index (χ1n) is 7.50. The molecule has 0 amide bonds. The molecule has 1 aromatic carbocycles. The molecule has 3 nitrogen and oxygen atoms in total. The minimum atomic E-state index is 0.0984. The van der Waals surface area contributed by atoms with E-state index in [1.54, 1.807) is 0 Å². The third-order valence-corrected chi connectivity index (χ3v) is 4.99. The summed E-state index contributed by atoms with van der Waals surface area (Å²) in [5, 5.41) is 0. The molecule has 0 aromatic heterocycles. The quantitative estimate of drug-likeness (QED) is 0.911. The van der Waals surface area contributed by atoms with Gasteiger partial charge in [-0.3, -0.25) is 0 Å². The smallest absolute Gasteiger partial charge is 0.124 e. The third-order valence-electron chi connectivity index (χ3n) is 4.50. The average molecular weight is 340 g/mol. The number of hydrogen-bond donors (Lipinski definition) is 1. The van der Waals surface area contributed by atoms with Crippen LogP contribution in [0.25, 0.3) is 0 Å². The molecule has 1 aliphatic carbocycles. The summed E-state index contributed by atoms with van der Waals surface area (Å²) in [5.41, 5.74) is 6.97. The van der Waals surface area contributed by atoms with Crippen molar-refractivity contribution in [2.75, 3.05) is 6.61 Å². The highest BCUT2D eigenvalue weighted by Crippen LogP contribution is 2.41. The van der Waals surface area contributed by atoms with Gasteiger partial charge in [0.15, 0.2) is 0 Å². The number of halogens is 1. The number of benzene rings is 1. The maximum atomic E-state index is 6.24. The van der Waals surface area contributed by atoms with Gasteiger partial charge in [-0.2, -0.15) is 0 Å². The molecule has 1 spiro atoms. The van der Waals surface area contributed by atoms with Crippen molar-refractivity contribution < 1.29 is 9.47 Å². The van der Waals surface area contributed by atoms with E-state index in [1.165, 1.54) is 25.7 Å². The van der Waals surface area contributed by atoms with Gasteiger partial charge in [-0.1, -0.05) is 28.8 Å². The summed E-state index contributed by atoms with van der Waals surface area (Å²) in [4.78, 5) is 0. The van der Waals surface area contributed by atoms with Crippen LogP contribution in [0.4, 0.5) is 0 Å². The molecule has 1 atom stereocenters. The predicted octanol–water partition coefficient (Wildman–Crippen LogP) is 3.78. The van der Waals surface area contributed by atoms with E-state index in [0.29, 0.717) is 6.54 Å². The van der Waals surface area contributed by atoms with Crippen LogP contribution >= 0.6 is 15.9 Å². The lowest BCUT2D eigenvalue weighted by Gasteiger charge is -2.38. The normalized spacial score (nSPS) is 25.0. The molecule has 2 fully saturated rings. The van der Waals surface area contributed by atoms with Crippen LogP contribution in [0, 0.1) is 0 Å². The first-order chi connectivity index (χ1) is 9.71. The monoisotopic (exact) mass is 339 g/mol. The molecule has 20 heavy (non-hydrogen) atoms. The molecule has 1 aliphatic heterocycles. The van der Waals surface area contributed by atoms with Gasteiger partial charge in [0, 0.05) is 29.4 Å². The summed E-state index contributed by atoms with van der Waals surface area (Å²) in [6.07, 6.45) is 7.22. The first-order valence-corrected chi connectivity index (χ1v) is 8.29. The summed E-state index contributed by atoms with van der Waals surface area (Å²) < 4.78 is 13.3. The molecular weight excluding hydrogens is 318 g/mol. The van der Waals surface area contributed by atoms with Gasteiger partial charge < -0.3 is 15.2 Å². The van der Waals surface area contributed by atoms with Crippen LogP contribution in [-0.4, -0.2) is 18.3 Å². The fourth-order valence-electron chi connectivity index (χ4n) is 3.45. The molecule has 1 saturated carbocycles. The van der Waals surface area contributed by atoms with Crippen molar-refractivity contribution in [3.8, 4) is 5.75 Å². The Morgan fingerprint density at radius 2 is 2.15 bits per heavy atom. The molecule has 1 aromatic rings. The second kappa shape index (κ2) is 6.04. The molecule has 0 bridgehead atoms. The molecule has 110 valence electrons. The van der Waals surface area contributed by atoms with Crippen molar-refractivity contribution >= 4 is 15.9 Å². The summed E-state index contributed by atoms with van der Waals surface area (Å²) in [6.45, 7) is 1.32. The number of hydrogen-bond acceptors (Lipinski definition) is 3. The van der Waals surface area contributed by atoms with E-state index in [4.69, 9.17) is 15.2 Å². The van der Waals surface area contributed by atoms with Crippen molar-refractivity contribution in [2.45, 2.75) is 56.8 Å². The van der Waals surface area contributed by atoms with E-state index in [2.05, 4.69) is 15.9 Å². The number of rotatable bonds is 3.